The number of hydrogen-bond donors (Lipinski definition) is 0. The summed E-state index contributed by atoms with van der Waals surface area (Å²) in [7, 11) is 3.53. The van der Waals surface area contributed by atoms with Crippen molar-refractivity contribution in [2.75, 3.05) is 14.1 Å². The summed E-state index contributed by atoms with van der Waals surface area (Å²) in [6.45, 7) is 4.11. The van der Waals surface area contributed by atoms with Crippen molar-refractivity contribution in [2.24, 2.45) is 17.3 Å². The second-order valence-corrected chi connectivity index (χ2v) is 5.52. The van der Waals surface area contributed by atoms with Crippen LogP contribution >= 0.6 is 23.2 Å². The van der Waals surface area contributed by atoms with E-state index in [2.05, 4.69) is 13.8 Å². The summed E-state index contributed by atoms with van der Waals surface area (Å²) in [6.07, 6.45) is 1.76. The maximum Gasteiger partial charge on any atom is 0.226 e. The smallest absolute Gasteiger partial charge is 0.226 e. The molecule has 4 heteroatoms. The van der Waals surface area contributed by atoms with Crippen LogP contribution in [0.3, 0.4) is 0 Å². The Labute approximate surface area is 94.9 Å². The van der Waals surface area contributed by atoms with Gasteiger partial charge in [-0.1, -0.05) is 37.0 Å². The van der Waals surface area contributed by atoms with Gasteiger partial charge in [0.1, 0.15) is 4.49 Å². The third kappa shape index (κ3) is 2.06. The van der Waals surface area contributed by atoms with E-state index in [-0.39, 0.29) is 27.6 Å². The van der Waals surface area contributed by atoms with Gasteiger partial charge in [0.05, 0.1) is 5.92 Å². The van der Waals surface area contributed by atoms with Crippen molar-refractivity contribution >= 4 is 29.1 Å². The average Bonchev–Trinajstić information content (AvgIpc) is 2.50. The number of rotatable bonds is 2. The molecule has 0 aromatic heterocycles. The fraction of sp³-hybridized carbons (Fsp3) is 0.700. The second-order valence-electron chi connectivity index (χ2n) is 4.51. The van der Waals surface area contributed by atoms with Crippen LogP contribution in [0.1, 0.15) is 13.8 Å². The molecule has 2 nitrogen and oxygen atoms in total. The highest BCUT2D eigenvalue weighted by Gasteiger charge is 2.60. The van der Waals surface area contributed by atoms with E-state index in [9.17, 15) is 4.79 Å². The monoisotopic (exact) mass is 235 g/mol. The lowest BCUT2D eigenvalue weighted by Crippen LogP contribution is -2.25. The average molecular weight is 236 g/mol. The molecule has 1 rings (SSSR count). The van der Waals surface area contributed by atoms with Crippen LogP contribution in [0.25, 0.3) is 0 Å². The summed E-state index contributed by atoms with van der Waals surface area (Å²) in [5.41, 5.74) is -0.0175. The number of halogens is 2. The number of nitrogens with zero attached hydrogens (tertiary/aromatic N) is 1. The Morgan fingerprint density at radius 3 is 2.21 bits per heavy atom. The molecule has 0 heterocycles. The molecule has 0 unspecified atom stereocenters. The van der Waals surface area contributed by atoms with Crippen LogP contribution in [-0.2, 0) is 4.79 Å². The molecule has 0 aromatic carbocycles. The molecule has 0 aromatic rings. The number of hydrogen-bond acceptors (Lipinski definition) is 1. The summed E-state index contributed by atoms with van der Waals surface area (Å²) in [4.78, 5) is 13.3. The van der Waals surface area contributed by atoms with Crippen LogP contribution in [0.2, 0.25) is 0 Å². The van der Waals surface area contributed by atoms with E-state index in [0.29, 0.717) is 0 Å². The van der Waals surface area contributed by atoms with Crippen LogP contribution < -0.4 is 0 Å². The molecular weight excluding hydrogens is 221 g/mol. The van der Waals surface area contributed by atoms with E-state index in [4.69, 9.17) is 23.2 Å². The van der Waals surface area contributed by atoms with E-state index in [1.54, 1.807) is 25.1 Å². The summed E-state index contributed by atoms with van der Waals surface area (Å²) in [5, 5.41) is 0. The lowest BCUT2D eigenvalue weighted by Gasteiger charge is -2.10. The van der Waals surface area contributed by atoms with E-state index in [0.717, 1.165) is 0 Å². The predicted octanol–water partition coefficient (Wildman–Crippen LogP) is 2.67. The lowest BCUT2D eigenvalue weighted by atomic mass is 10.1. The van der Waals surface area contributed by atoms with E-state index >= 15 is 0 Å². The van der Waals surface area contributed by atoms with Crippen molar-refractivity contribution in [3.8, 4) is 0 Å². The highest BCUT2D eigenvalue weighted by Crippen LogP contribution is 2.60. The largest absolute Gasteiger partial charge is 0.349 e. The third-order valence-corrected chi connectivity index (χ3v) is 3.18. The first-order valence-electron chi connectivity index (χ1n) is 4.52. The summed E-state index contributed by atoms with van der Waals surface area (Å²) < 4.78 is 0.247. The van der Waals surface area contributed by atoms with Gasteiger partial charge in [0.25, 0.3) is 0 Å². The minimum absolute atomic E-state index is 0.0175. The SMILES string of the molecule is CN(C)C(=O)[C@@H]1[C@H](C=C(Cl)Cl)C1(C)C. The molecular formula is C10H15Cl2NO. The normalized spacial score (nSPS) is 28.1. The minimum atomic E-state index is -0.0175. The van der Waals surface area contributed by atoms with Gasteiger partial charge >= 0.3 is 0 Å². The molecule has 1 aliphatic rings. The van der Waals surface area contributed by atoms with Gasteiger partial charge in [-0.3, -0.25) is 4.79 Å². The Kier molecular flexibility index (Phi) is 3.17. The summed E-state index contributed by atoms with van der Waals surface area (Å²) in [5.74, 6) is 0.332. The summed E-state index contributed by atoms with van der Waals surface area (Å²) in [6, 6.07) is 0. The second kappa shape index (κ2) is 3.74. The number of amides is 1. The van der Waals surface area contributed by atoms with Crippen molar-refractivity contribution < 1.29 is 4.79 Å². The minimum Gasteiger partial charge on any atom is -0.349 e. The quantitative estimate of drug-likeness (QED) is 0.721. The van der Waals surface area contributed by atoms with Crippen molar-refractivity contribution in [3.05, 3.63) is 10.6 Å². The first-order valence-corrected chi connectivity index (χ1v) is 5.28. The number of allylic oxidation sites excluding steroid dienone is 1. The van der Waals surface area contributed by atoms with Crippen LogP contribution in [0.4, 0.5) is 0 Å². The zero-order valence-electron chi connectivity index (χ0n) is 8.84. The Morgan fingerprint density at radius 1 is 1.36 bits per heavy atom. The molecule has 0 bridgehead atoms. The Bertz CT molecular complexity index is 280. The van der Waals surface area contributed by atoms with Gasteiger partial charge in [-0.2, -0.15) is 0 Å². The zero-order chi connectivity index (χ0) is 11.1. The highest BCUT2D eigenvalue weighted by atomic mass is 35.5. The van der Waals surface area contributed by atoms with Crippen molar-refractivity contribution in [1.82, 2.24) is 4.90 Å². The lowest BCUT2D eigenvalue weighted by molar-refractivity contribution is -0.130. The van der Waals surface area contributed by atoms with Gasteiger partial charge in [-0.05, 0) is 17.4 Å². The fourth-order valence-corrected chi connectivity index (χ4v) is 2.15. The molecule has 2 atom stereocenters. The maximum absolute atomic E-state index is 11.7. The van der Waals surface area contributed by atoms with Gasteiger partial charge in [-0.15, -0.1) is 0 Å². The van der Waals surface area contributed by atoms with E-state index < -0.39 is 0 Å². The molecule has 0 aliphatic heterocycles. The molecule has 80 valence electrons. The molecule has 14 heavy (non-hydrogen) atoms. The Morgan fingerprint density at radius 2 is 1.86 bits per heavy atom. The van der Waals surface area contributed by atoms with Crippen molar-refractivity contribution in [2.45, 2.75) is 13.8 Å². The van der Waals surface area contributed by atoms with Crippen LogP contribution in [0.15, 0.2) is 10.6 Å². The Hall–Kier alpha value is -0.210. The molecule has 1 amide bonds. The van der Waals surface area contributed by atoms with Crippen LogP contribution in [-0.4, -0.2) is 24.9 Å². The zero-order valence-corrected chi connectivity index (χ0v) is 10.4. The third-order valence-electron chi connectivity index (χ3n) is 2.92. The molecule has 0 N–H and O–H groups in total. The van der Waals surface area contributed by atoms with Gasteiger partial charge < -0.3 is 4.90 Å². The summed E-state index contributed by atoms with van der Waals surface area (Å²) >= 11 is 11.2. The van der Waals surface area contributed by atoms with E-state index in [1.807, 2.05) is 0 Å². The number of carbonyl (C=O) groups is 1. The molecule has 0 radical (unpaired) electrons. The number of carbonyl (C=O) groups excluding carboxylic acids is 1. The molecule has 0 spiro atoms. The van der Waals surface area contributed by atoms with Crippen LogP contribution in [0, 0.1) is 17.3 Å². The van der Waals surface area contributed by atoms with Crippen LogP contribution in [0.5, 0.6) is 0 Å². The van der Waals surface area contributed by atoms with Crippen molar-refractivity contribution in [1.29, 1.82) is 0 Å². The topological polar surface area (TPSA) is 20.3 Å². The fourth-order valence-electron chi connectivity index (χ4n) is 1.87. The predicted molar refractivity (Wildman–Crippen MR) is 59.2 cm³/mol. The molecule has 0 saturated heterocycles. The van der Waals surface area contributed by atoms with Gasteiger partial charge in [0, 0.05) is 14.1 Å². The van der Waals surface area contributed by atoms with Gasteiger partial charge in [-0.25, -0.2) is 0 Å². The maximum atomic E-state index is 11.7. The van der Waals surface area contributed by atoms with Crippen molar-refractivity contribution in [3.63, 3.8) is 0 Å². The van der Waals surface area contributed by atoms with Gasteiger partial charge in [0.2, 0.25) is 5.91 Å². The van der Waals surface area contributed by atoms with E-state index in [1.165, 1.54) is 0 Å². The molecule has 1 saturated carbocycles. The highest BCUT2D eigenvalue weighted by molar-refractivity contribution is 6.55. The standard InChI is InChI=1S/C10H15Cl2NO/c1-10(2)6(5-7(11)12)8(10)9(14)13(3)4/h5-6,8H,1-4H3/t6-,8-/m0/s1. The first-order chi connectivity index (χ1) is 6.28. The Balaban J connectivity index is 2.76. The molecule has 1 fully saturated rings. The van der Waals surface area contributed by atoms with Gasteiger partial charge in [0.15, 0.2) is 0 Å². The first kappa shape index (κ1) is 11.9. The molecule has 1 aliphatic carbocycles.